The quantitative estimate of drug-likeness (QED) is 0.394. The third-order valence-electron chi connectivity index (χ3n) is 3.20. The maximum atomic E-state index is 13.9. The molecule has 0 aliphatic rings. The van der Waals surface area contributed by atoms with Gasteiger partial charge < -0.3 is 22.1 Å². The van der Waals surface area contributed by atoms with Gasteiger partial charge in [-0.05, 0) is 0 Å². The summed E-state index contributed by atoms with van der Waals surface area (Å²) >= 11 is 0. The molecular formula is C16H15F4N7O. The SMILES string of the molecule is NC=C(C=NCC(N)=O)Nc1ncc(F)c(NCc2c(F)cc(F)cc2F)n1. The van der Waals surface area contributed by atoms with Gasteiger partial charge in [-0.15, -0.1) is 0 Å². The van der Waals surface area contributed by atoms with Crippen LogP contribution in [0.4, 0.5) is 29.3 Å². The average Bonchev–Trinajstić information content (AvgIpc) is 2.62. The van der Waals surface area contributed by atoms with Crippen LogP contribution in [0.1, 0.15) is 5.56 Å². The maximum absolute atomic E-state index is 13.9. The Bertz CT molecular complexity index is 910. The van der Waals surface area contributed by atoms with E-state index in [1.165, 1.54) is 6.21 Å². The number of anilines is 2. The van der Waals surface area contributed by atoms with Crippen LogP contribution in [0.2, 0.25) is 0 Å². The Morgan fingerprint density at radius 3 is 2.46 bits per heavy atom. The number of halogens is 4. The van der Waals surface area contributed by atoms with Crippen molar-refractivity contribution in [1.82, 2.24) is 9.97 Å². The van der Waals surface area contributed by atoms with E-state index in [1.54, 1.807) is 0 Å². The van der Waals surface area contributed by atoms with Gasteiger partial charge in [0.15, 0.2) is 11.6 Å². The van der Waals surface area contributed by atoms with Crippen molar-refractivity contribution >= 4 is 23.9 Å². The van der Waals surface area contributed by atoms with Gasteiger partial charge in [0.25, 0.3) is 0 Å². The fourth-order valence-electron chi connectivity index (χ4n) is 1.94. The first-order chi connectivity index (χ1) is 13.3. The molecule has 8 nitrogen and oxygen atoms in total. The average molecular weight is 397 g/mol. The molecule has 0 spiro atoms. The molecule has 6 N–H and O–H groups in total. The van der Waals surface area contributed by atoms with E-state index < -0.39 is 41.3 Å². The normalized spacial score (nSPS) is 11.6. The number of benzene rings is 1. The van der Waals surface area contributed by atoms with E-state index in [0.717, 1.165) is 12.4 Å². The van der Waals surface area contributed by atoms with Gasteiger partial charge >= 0.3 is 0 Å². The molecule has 0 fully saturated rings. The summed E-state index contributed by atoms with van der Waals surface area (Å²) in [5.74, 6) is -5.37. The van der Waals surface area contributed by atoms with Crippen molar-refractivity contribution in [1.29, 1.82) is 0 Å². The first-order valence-corrected chi connectivity index (χ1v) is 7.67. The molecule has 0 aliphatic heterocycles. The number of nitrogens with one attached hydrogen (secondary N) is 2. The molecule has 1 heterocycles. The third kappa shape index (κ3) is 5.65. The summed E-state index contributed by atoms with van der Waals surface area (Å²) in [6, 6.07) is 1.01. The van der Waals surface area contributed by atoms with Gasteiger partial charge in [0.05, 0.1) is 11.9 Å². The zero-order chi connectivity index (χ0) is 20.7. The number of nitrogens with zero attached hydrogens (tertiary/aromatic N) is 3. The second-order valence-electron chi connectivity index (χ2n) is 5.27. The molecule has 0 saturated heterocycles. The van der Waals surface area contributed by atoms with Gasteiger partial charge in [-0.25, -0.2) is 22.5 Å². The van der Waals surface area contributed by atoms with Crippen LogP contribution in [0, 0.1) is 23.3 Å². The monoisotopic (exact) mass is 397 g/mol. The number of allylic oxidation sites excluding steroid dienone is 1. The summed E-state index contributed by atoms with van der Waals surface area (Å²) in [7, 11) is 0. The fourth-order valence-corrected chi connectivity index (χ4v) is 1.94. The van der Waals surface area contributed by atoms with Crippen molar-refractivity contribution < 1.29 is 22.4 Å². The lowest BCUT2D eigenvalue weighted by molar-refractivity contribution is -0.116. The molecule has 28 heavy (non-hydrogen) atoms. The molecule has 0 aliphatic carbocycles. The van der Waals surface area contributed by atoms with Crippen molar-refractivity contribution in [3.8, 4) is 0 Å². The van der Waals surface area contributed by atoms with Crippen LogP contribution in [0.25, 0.3) is 0 Å². The first-order valence-electron chi connectivity index (χ1n) is 7.67. The minimum Gasteiger partial charge on any atom is -0.403 e. The molecular weight excluding hydrogens is 382 g/mol. The molecule has 148 valence electrons. The number of aliphatic imine (C=N–C) groups is 1. The highest BCUT2D eigenvalue weighted by Crippen LogP contribution is 2.18. The van der Waals surface area contributed by atoms with Crippen molar-refractivity contribution in [3.05, 3.63) is 59.1 Å². The smallest absolute Gasteiger partial charge is 0.239 e. The van der Waals surface area contributed by atoms with Gasteiger partial charge in [-0.3, -0.25) is 9.79 Å². The molecule has 12 heteroatoms. The zero-order valence-corrected chi connectivity index (χ0v) is 14.2. The summed E-state index contributed by atoms with van der Waals surface area (Å²) in [4.78, 5) is 21.9. The standard InChI is InChI=1S/C16H15F4N7O/c17-8-1-11(18)10(12(19)2-8)5-24-15-13(20)6-25-16(27-15)26-9(3-21)4-23-7-14(22)28/h1-4,6H,5,7,21H2,(H2,22,28)(H2,24,25,26,27). The van der Waals surface area contributed by atoms with Crippen LogP contribution in [0.5, 0.6) is 0 Å². The van der Waals surface area contributed by atoms with E-state index in [4.69, 9.17) is 11.5 Å². The highest BCUT2D eigenvalue weighted by molar-refractivity contribution is 5.85. The van der Waals surface area contributed by atoms with Crippen molar-refractivity contribution in [2.75, 3.05) is 17.2 Å². The lowest BCUT2D eigenvalue weighted by Crippen LogP contribution is -2.15. The lowest BCUT2D eigenvalue weighted by atomic mass is 10.2. The van der Waals surface area contributed by atoms with Gasteiger partial charge in [-0.1, -0.05) is 0 Å². The highest BCUT2D eigenvalue weighted by Gasteiger charge is 2.13. The molecule has 1 aromatic carbocycles. The number of aromatic nitrogens is 2. The number of carbonyl (C=O) groups excluding carboxylic acids is 1. The van der Waals surface area contributed by atoms with Crippen LogP contribution in [-0.4, -0.2) is 28.6 Å². The van der Waals surface area contributed by atoms with E-state index >= 15 is 0 Å². The predicted molar refractivity (Wildman–Crippen MR) is 94.1 cm³/mol. The molecule has 0 saturated carbocycles. The topological polar surface area (TPSA) is 131 Å². The molecule has 2 rings (SSSR count). The molecule has 2 aromatic rings. The lowest BCUT2D eigenvalue weighted by Gasteiger charge is -2.11. The minimum atomic E-state index is -1.13. The molecule has 0 bridgehead atoms. The number of rotatable bonds is 8. The van der Waals surface area contributed by atoms with Crippen LogP contribution >= 0.6 is 0 Å². The van der Waals surface area contributed by atoms with Gasteiger partial charge in [-0.2, -0.15) is 4.98 Å². The fraction of sp³-hybridized carbons (Fsp3) is 0.125. The van der Waals surface area contributed by atoms with Crippen molar-refractivity contribution in [2.45, 2.75) is 6.54 Å². The summed E-state index contributed by atoms with van der Waals surface area (Å²) in [6.45, 7) is -0.768. The van der Waals surface area contributed by atoms with Crippen LogP contribution in [-0.2, 0) is 11.3 Å². The van der Waals surface area contributed by atoms with E-state index in [1.807, 2.05) is 0 Å². The molecule has 1 amide bonds. The predicted octanol–water partition coefficient (Wildman–Crippen LogP) is 1.41. The Hall–Kier alpha value is -3.70. The highest BCUT2D eigenvalue weighted by atomic mass is 19.1. The minimum absolute atomic E-state index is 0.119. The Kier molecular flexibility index (Phi) is 6.84. The largest absolute Gasteiger partial charge is 0.403 e. The Morgan fingerprint density at radius 1 is 1.18 bits per heavy atom. The number of carbonyl (C=O) groups is 1. The van der Waals surface area contributed by atoms with Gasteiger partial charge in [0, 0.05) is 36.7 Å². The van der Waals surface area contributed by atoms with E-state index in [2.05, 4.69) is 25.6 Å². The molecule has 1 aromatic heterocycles. The number of nitrogens with two attached hydrogens (primary N) is 2. The molecule has 0 unspecified atom stereocenters. The van der Waals surface area contributed by atoms with Crippen molar-refractivity contribution in [3.63, 3.8) is 0 Å². The second kappa shape index (κ2) is 9.30. The Labute approximate surface area is 156 Å². The zero-order valence-electron chi connectivity index (χ0n) is 14.2. The number of hydrogen-bond donors (Lipinski definition) is 4. The number of hydrogen-bond acceptors (Lipinski definition) is 7. The first kappa shape index (κ1) is 20.6. The van der Waals surface area contributed by atoms with E-state index in [0.29, 0.717) is 12.1 Å². The Balaban J connectivity index is 2.13. The summed E-state index contributed by atoms with van der Waals surface area (Å²) < 4.78 is 54.1. The summed E-state index contributed by atoms with van der Waals surface area (Å²) in [6.07, 6.45) is 3.09. The van der Waals surface area contributed by atoms with E-state index in [-0.39, 0.29) is 24.0 Å². The van der Waals surface area contributed by atoms with Crippen LogP contribution in [0.15, 0.2) is 35.2 Å². The number of primary amides is 1. The van der Waals surface area contributed by atoms with Crippen LogP contribution in [0.3, 0.4) is 0 Å². The third-order valence-corrected chi connectivity index (χ3v) is 3.20. The van der Waals surface area contributed by atoms with Gasteiger partial charge in [0.2, 0.25) is 11.9 Å². The summed E-state index contributed by atoms with van der Waals surface area (Å²) in [5, 5.41) is 5.01. The second-order valence-corrected chi connectivity index (χ2v) is 5.27. The number of amides is 1. The molecule has 0 radical (unpaired) electrons. The Morgan fingerprint density at radius 2 is 1.86 bits per heavy atom. The van der Waals surface area contributed by atoms with E-state index in [9.17, 15) is 22.4 Å². The summed E-state index contributed by atoms with van der Waals surface area (Å²) in [5.41, 5.74) is 10.0. The van der Waals surface area contributed by atoms with Crippen LogP contribution < -0.4 is 22.1 Å². The van der Waals surface area contributed by atoms with Gasteiger partial charge in [0.1, 0.15) is 24.0 Å². The van der Waals surface area contributed by atoms with Crippen molar-refractivity contribution in [2.24, 2.45) is 16.5 Å². The molecule has 0 atom stereocenters. The maximum Gasteiger partial charge on any atom is 0.239 e.